The van der Waals surface area contributed by atoms with Crippen LogP contribution in [0.1, 0.15) is 43.4 Å². The molecule has 0 unspecified atom stereocenters. The van der Waals surface area contributed by atoms with Crippen molar-refractivity contribution in [3.8, 4) is 0 Å². The Morgan fingerprint density at radius 3 is 2.08 bits per heavy atom. The molecule has 3 nitrogen and oxygen atoms in total. The van der Waals surface area contributed by atoms with Gasteiger partial charge in [0.05, 0.1) is 28.8 Å². The molecule has 0 aromatic heterocycles. The van der Waals surface area contributed by atoms with Crippen LogP contribution in [0.25, 0.3) is 0 Å². The summed E-state index contributed by atoms with van der Waals surface area (Å²) in [4.78, 5) is 12.5. The highest BCUT2D eigenvalue weighted by Gasteiger charge is 2.47. The van der Waals surface area contributed by atoms with Gasteiger partial charge in [0.1, 0.15) is 5.78 Å². The first-order valence-corrected chi connectivity index (χ1v) is 7.94. The van der Waals surface area contributed by atoms with Gasteiger partial charge >= 0.3 is 12.4 Å². The number of rotatable bonds is 1. The molecule has 0 spiro atoms. The van der Waals surface area contributed by atoms with Crippen molar-refractivity contribution in [3.05, 3.63) is 34.9 Å². The molecule has 1 fully saturated rings. The van der Waals surface area contributed by atoms with Crippen molar-refractivity contribution in [2.45, 2.75) is 45.1 Å². The SMILES string of the molecule is CC1(C)CC(=O)[C@@H]2C(c3cc(C(F)(F)F)cc(C(F)(F)F)c3)=NN[C@@H]2C1. The number of carbonyl (C=O) groups is 1. The Bertz CT molecular complexity index is 746. The molecule has 1 aromatic carbocycles. The van der Waals surface area contributed by atoms with Crippen LogP contribution in [0.15, 0.2) is 23.3 Å². The molecule has 2 aliphatic rings. The molecule has 1 saturated carbocycles. The van der Waals surface area contributed by atoms with Crippen LogP contribution in [-0.4, -0.2) is 17.5 Å². The minimum Gasteiger partial charge on any atom is -0.306 e. The van der Waals surface area contributed by atoms with E-state index in [2.05, 4.69) is 10.5 Å². The van der Waals surface area contributed by atoms with Crippen molar-refractivity contribution in [1.29, 1.82) is 0 Å². The number of benzene rings is 1. The summed E-state index contributed by atoms with van der Waals surface area (Å²) in [6, 6.07) is 0.872. The molecule has 0 amide bonds. The molecule has 1 aliphatic heterocycles. The highest BCUT2D eigenvalue weighted by Crippen LogP contribution is 2.41. The maximum atomic E-state index is 13.0. The zero-order valence-electron chi connectivity index (χ0n) is 13.9. The van der Waals surface area contributed by atoms with E-state index >= 15 is 0 Å². The number of hydrogen-bond donors (Lipinski definition) is 1. The normalized spacial score (nSPS) is 25.5. The lowest BCUT2D eigenvalue weighted by Gasteiger charge is -2.36. The molecular formula is C17H16F6N2O. The number of ketones is 1. The number of nitrogens with zero attached hydrogens (tertiary/aromatic N) is 1. The Kier molecular flexibility index (Phi) is 4.12. The van der Waals surface area contributed by atoms with Crippen molar-refractivity contribution in [2.24, 2.45) is 16.4 Å². The molecule has 1 aromatic rings. The summed E-state index contributed by atoms with van der Waals surface area (Å²) < 4.78 is 78.3. The Morgan fingerprint density at radius 1 is 1.04 bits per heavy atom. The van der Waals surface area contributed by atoms with Gasteiger partial charge in [0.15, 0.2) is 0 Å². The van der Waals surface area contributed by atoms with E-state index in [0.29, 0.717) is 18.6 Å². The van der Waals surface area contributed by atoms with E-state index in [1.54, 1.807) is 0 Å². The van der Waals surface area contributed by atoms with E-state index < -0.39 is 35.4 Å². The lowest BCUT2D eigenvalue weighted by molar-refractivity contribution is -0.143. The molecule has 142 valence electrons. The third-order valence-electron chi connectivity index (χ3n) is 4.70. The Labute approximate surface area is 145 Å². The lowest BCUT2D eigenvalue weighted by atomic mass is 9.68. The summed E-state index contributed by atoms with van der Waals surface area (Å²) in [6.07, 6.45) is -9.15. The van der Waals surface area contributed by atoms with Gasteiger partial charge in [-0.2, -0.15) is 31.4 Å². The summed E-state index contributed by atoms with van der Waals surface area (Å²) in [6.45, 7) is 3.76. The molecular weight excluding hydrogens is 362 g/mol. The van der Waals surface area contributed by atoms with Crippen LogP contribution in [0.2, 0.25) is 0 Å². The monoisotopic (exact) mass is 378 g/mol. The van der Waals surface area contributed by atoms with Crippen molar-refractivity contribution >= 4 is 11.5 Å². The molecule has 9 heteroatoms. The van der Waals surface area contributed by atoms with Crippen molar-refractivity contribution in [3.63, 3.8) is 0 Å². The fourth-order valence-electron chi connectivity index (χ4n) is 3.62. The number of alkyl halides is 6. The molecule has 1 heterocycles. The second-order valence-corrected chi connectivity index (χ2v) is 7.52. The van der Waals surface area contributed by atoms with E-state index in [1.807, 2.05) is 13.8 Å². The molecule has 2 atom stereocenters. The lowest BCUT2D eigenvalue weighted by Crippen LogP contribution is -2.45. The van der Waals surface area contributed by atoms with E-state index in [4.69, 9.17) is 0 Å². The summed E-state index contributed by atoms with van der Waals surface area (Å²) >= 11 is 0. The molecule has 3 rings (SSSR count). The first-order chi connectivity index (χ1) is 11.8. The smallest absolute Gasteiger partial charge is 0.306 e. The van der Waals surface area contributed by atoms with Crippen molar-refractivity contribution in [1.82, 2.24) is 5.43 Å². The van der Waals surface area contributed by atoms with E-state index in [-0.39, 0.29) is 35.0 Å². The predicted octanol–water partition coefficient (Wildman–Crippen LogP) is 4.41. The summed E-state index contributed by atoms with van der Waals surface area (Å²) in [7, 11) is 0. The van der Waals surface area contributed by atoms with Crippen molar-refractivity contribution < 1.29 is 31.1 Å². The molecule has 26 heavy (non-hydrogen) atoms. The average molecular weight is 378 g/mol. The number of halogens is 6. The van der Waals surface area contributed by atoms with Gasteiger partial charge in [-0.15, -0.1) is 0 Å². The maximum Gasteiger partial charge on any atom is 0.416 e. The van der Waals surface area contributed by atoms with Crippen LogP contribution < -0.4 is 5.43 Å². The molecule has 0 bridgehead atoms. The van der Waals surface area contributed by atoms with Gasteiger partial charge in [-0.05, 0) is 35.6 Å². The first kappa shape index (κ1) is 18.7. The number of fused-ring (bicyclic) bond motifs is 1. The van der Waals surface area contributed by atoms with Crippen LogP contribution in [0, 0.1) is 11.3 Å². The summed E-state index contributed by atoms with van der Waals surface area (Å²) in [5, 5.41) is 3.92. The third-order valence-corrected chi connectivity index (χ3v) is 4.70. The second kappa shape index (κ2) is 5.72. The topological polar surface area (TPSA) is 41.5 Å². The van der Waals surface area contributed by atoms with Gasteiger partial charge in [0.2, 0.25) is 0 Å². The third kappa shape index (κ3) is 3.43. The van der Waals surface area contributed by atoms with Crippen molar-refractivity contribution in [2.75, 3.05) is 0 Å². The van der Waals surface area contributed by atoms with Gasteiger partial charge < -0.3 is 5.43 Å². The quantitative estimate of drug-likeness (QED) is 0.736. The fraction of sp³-hybridized carbons (Fsp3) is 0.529. The molecule has 1 aliphatic carbocycles. The minimum absolute atomic E-state index is 0.0629. The molecule has 0 radical (unpaired) electrons. The number of hydrazone groups is 1. The highest BCUT2D eigenvalue weighted by atomic mass is 19.4. The fourth-order valence-corrected chi connectivity index (χ4v) is 3.62. The zero-order chi connectivity index (χ0) is 19.5. The summed E-state index contributed by atoms with van der Waals surface area (Å²) in [5.74, 6) is -1.08. The number of Topliss-reactive ketones (excluding diaryl/α,β-unsaturated/α-hetero) is 1. The molecule has 1 N–H and O–H groups in total. The maximum absolute atomic E-state index is 13.0. The van der Waals surface area contributed by atoms with Gasteiger partial charge in [-0.25, -0.2) is 0 Å². The first-order valence-electron chi connectivity index (χ1n) is 7.94. The van der Waals surface area contributed by atoms with E-state index in [1.165, 1.54) is 0 Å². The van der Waals surface area contributed by atoms with Crippen LogP contribution >= 0.6 is 0 Å². The van der Waals surface area contributed by atoms with E-state index in [9.17, 15) is 31.1 Å². The van der Waals surface area contributed by atoms with Crippen LogP contribution in [-0.2, 0) is 17.1 Å². The zero-order valence-corrected chi connectivity index (χ0v) is 13.9. The van der Waals surface area contributed by atoms with E-state index in [0.717, 1.165) is 0 Å². The number of carbonyl (C=O) groups excluding carboxylic acids is 1. The largest absolute Gasteiger partial charge is 0.416 e. The Balaban J connectivity index is 2.06. The number of hydrogen-bond acceptors (Lipinski definition) is 3. The Hall–Kier alpha value is -2.06. The van der Waals surface area contributed by atoms with Gasteiger partial charge in [0, 0.05) is 6.42 Å². The van der Waals surface area contributed by atoms with Gasteiger partial charge in [-0.3, -0.25) is 4.79 Å². The van der Waals surface area contributed by atoms with Crippen LogP contribution in [0.4, 0.5) is 26.3 Å². The Morgan fingerprint density at radius 2 is 1.58 bits per heavy atom. The van der Waals surface area contributed by atoms with Crippen LogP contribution in [0.3, 0.4) is 0 Å². The minimum atomic E-state index is -4.94. The average Bonchev–Trinajstić information content (AvgIpc) is 2.87. The standard InChI is InChI=1S/C17H16F6N2O/c1-15(2)6-11-13(12(26)7-15)14(25-24-11)8-3-9(16(18,19)20)5-10(4-8)17(21,22)23/h3-5,11,13,24H,6-7H2,1-2H3/t11-,13-/m1/s1. The highest BCUT2D eigenvalue weighted by molar-refractivity contribution is 6.15. The predicted molar refractivity (Wildman–Crippen MR) is 81.4 cm³/mol. The molecule has 0 saturated heterocycles. The van der Waals surface area contributed by atoms with Gasteiger partial charge in [0.25, 0.3) is 0 Å². The van der Waals surface area contributed by atoms with Crippen LogP contribution in [0.5, 0.6) is 0 Å². The van der Waals surface area contributed by atoms with Gasteiger partial charge in [-0.1, -0.05) is 13.8 Å². The second-order valence-electron chi connectivity index (χ2n) is 7.52. The number of nitrogens with one attached hydrogen (secondary N) is 1. The summed E-state index contributed by atoms with van der Waals surface area (Å²) in [5.41, 5.74) is -0.825.